The van der Waals surface area contributed by atoms with Gasteiger partial charge in [-0.05, 0) is 24.3 Å². The van der Waals surface area contributed by atoms with Crippen molar-refractivity contribution in [1.29, 1.82) is 0 Å². The Hall–Kier alpha value is -2.26. The van der Waals surface area contributed by atoms with Gasteiger partial charge >= 0.3 is 0 Å². The van der Waals surface area contributed by atoms with E-state index in [4.69, 9.17) is 11.6 Å². The maximum atomic E-state index is 12.6. The number of carbonyl (C=O) groups excluding carboxylic acids is 1. The first-order valence-electron chi connectivity index (χ1n) is 6.29. The van der Waals surface area contributed by atoms with Crippen LogP contribution in [-0.2, 0) is 4.79 Å². The van der Waals surface area contributed by atoms with E-state index in [0.717, 1.165) is 16.9 Å². The van der Waals surface area contributed by atoms with Crippen LogP contribution in [0.1, 0.15) is 5.56 Å². The lowest BCUT2D eigenvalue weighted by atomic mass is 10.1. The van der Waals surface area contributed by atoms with Crippen molar-refractivity contribution in [2.24, 2.45) is 0 Å². The summed E-state index contributed by atoms with van der Waals surface area (Å²) in [6.07, 6.45) is 1.73. The standard InChI is InChI=1S/C16H13ClN2O/c1-18-10-14-13-7-2-3-8-15(13)19(16(14)20)12-6-4-5-11(17)9-12/h2-10,18H,1H3/b14-10-. The van der Waals surface area contributed by atoms with E-state index in [0.29, 0.717) is 10.6 Å². The van der Waals surface area contributed by atoms with Crippen LogP contribution in [0.5, 0.6) is 0 Å². The van der Waals surface area contributed by atoms with E-state index in [-0.39, 0.29) is 5.91 Å². The van der Waals surface area contributed by atoms with Crippen molar-refractivity contribution in [1.82, 2.24) is 5.32 Å². The zero-order valence-electron chi connectivity index (χ0n) is 10.9. The molecule has 1 aliphatic rings. The zero-order valence-corrected chi connectivity index (χ0v) is 11.7. The van der Waals surface area contributed by atoms with Crippen LogP contribution in [0, 0.1) is 0 Å². The maximum Gasteiger partial charge on any atom is 0.265 e. The fraction of sp³-hybridized carbons (Fsp3) is 0.0625. The molecule has 4 heteroatoms. The van der Waals surface area contributed by atoms with E-state index in [9.17, 15) is 4.79 Å². The Balaban J connectivity index is 2.18. The normalized spacial score (nSPS) is 15.6. The lowest BCUT2D eigenvalue weighted by Gasteiger charge is -2.17. The molecule has 0 saturated heterocycles. The van der Waals surface area contributed by atoms with E-state index in [2.05, 4.69) is 5.32 Å². The van der Waals surface area contributed by atoms with E-state index < -0.39 is 0 Å². The fourth-order valence-electron chi connectivity index (χ4n) is 2.40. The van der Waals surface area contributed by atoms with Gasteiger partial charge in [-0.1, -0.05) is 35.9 Å². The first-order valence-corrected chi connectivity index (χ1v) is 6.67. The minimum Gasteiger partial charge on any atom is -0.393 e. The molecule has 1 amide bonds. The number of benzene rings is 2. The van der Waals surface area contributed by atoms with Crippen LogP contribution in [0.15, 0.2) is 54.7 Å². The first-order chi connectivity index (χ1) is 9.72. The number of hydrogen-bond acceptors (Lipinski definition) is 2. The quantitative estimate of drug-likeness (QED) is 0.855. The highest BCUT2D eigenvalue weighted by Gasteiger charge is 2.33. The van der Waals surface area contributed by atoms with Gasteiger partial charge in [-0.3, -0.25) is 9.69 Å². The zero-order chi connectivity index (χ0) is 14.1. The van der Waals surface area contributed by atoms with E-state index in [1.54, 1.807) is 30.3 Å². The number of anilines is 2. The van der Waals surface area contributed by atoms with Crippen LogP contribution < -0.4 is 10.2 Å². The number of carbonyl (C=O) groups is 1. The lowest BCUT2D eigenvalue weighted by molar-refractivity contribution is -0.112. The Kier molecular flexibility index (Phi) is 3.20. The third-order valence-electron chi connectivity index (χ3n) is 3.22. The van der Waals surface area contributed by atoms with Gasteiger partial charge in [-0.25, -0.2) is 0 Å². The summed E-state index contributed by atoms with van der Waals surface area (Å²) < 4.78 is 0. The third kappa shape index (κ3) is 1.96. The molecule has 1 heterocycles. The van der Waals surface area contributed by atoms with Crippen molar-refractivity contribution in [3.05, 3.63) is 65.3 Å². The highest BCUT2D eigenvalue weighted by atomic mass is 35.5. The molecule has 100 valence electrons. The Morgan fingerprint density at radius 1 is 1.15 bits per heavy atom. The SMILES string of the molecule is CN/C=C1\C(=O)N(c2cccc(Cl)c2)c2ccccc21. The molecule has 0 fully saturated rings. The predicted octanol–water partition coefficient (Wildman–Crippen LogP) is 3.58. The molecule has 2 aromatic carbocycles. The van der Waals surface area contributed by atoms with Gasteiger partial charge in [0.1, 0.15) is 0 Å². The highest BCUT2D eigenvalue weighted by molar-refractivity contribution is 6.35. The molecule has 0 unspecified atom stereocenters. The van der Waals surface area contributed by atoms with Crippen molar-refractivity contribution in [2.75, 3.05) is 11.9 Å². The second-order valence-corrected chi connectivity index (χ2v) is 4.92. The number of halogens is 1. The molecule has 0 saturated carbocycles. The van der Waals surface area contributed by atoms with Gasteiger partial charge in [-0.2, -0.15) is 0 Å². The summed E-state index contributed by atoms with van der Waals surface area (Å²) in [5.41, 5.74) is 3.23. The summed E-state index contributed by atoms with van der Waals surface area (Å²) in [4.78, 5) is 14.3. The molecule has 1 aliphatic heterocycles. The molecule has 3 rings (SSSR count). The summed E-state index contributed by atoms with van der Waals surface area (Å²) in [5, 5.41) is 3.54. The summed E-state index contributed by atoms with van der Waals surface area (Å²) >= 11 is 6.03. The van der Waals surface area contributed by atoms with Crippen molar-refractivity contribution >= 4 is 34.5 Å². The number of amides is 1. The van der Waals surface area contributed by atoms with Crippen LogP contribution >= 0.6 is 11.6 Å². The van der Waals surface area contributed by atoms with Gasteiger partial charge in [0.05, 0.1) is 16.9 Å². The van der Waals surface area contributed by atoms with Crippen LogP contribution in [0.2, 0.25) is 5.02 Å². The summed E-state index contributed by atoms with van der Waals surface area (Å²) in [5.74, 6) is -0.0529. The largest absolute Gasteiger partial charge is 0.393 e. The Morgan fingerprint density at radius 2 is 1.95 bits per heavy atom. The molecule has 0 aliphatic carbocycles. The Bertz CT molecular complexity index is 709. The van der Waals surface area contributed by atoms with Gasteiger partial charge in [0, 0.05) is 23.8 Å². The minimum absolute atomic E-state index is 0.0529. The van der Waals surface area contributed by atoms with Gasteiger partial charge in [0.15, 0.2) is 0 Å². The van der Waals surface area contributed by atoms with Gasteiger partial charge in [0.2, 0.25) is 0 Å². The Morgan fingerprint density at radius 3 is 2.70 bits per heavy atom. The van der Waals surface area contributed by atoms with Crippen molar-refractivity contribution < 1.29 is 4.79 Å². The molecule has 0 radical (unpaired) electrons. The van der Waals surface area contributed by atoms with Crippen molar-refractivity contribution in [3.8, 4) is 0 Å². The molecule has 0 spiro atoms. The molecule has 1 N–H and O–H groups in total. The average Bonchev–Trinajstić information content (AvgIpc) is 2.72. The smallest absolute Gasteiger partial charge is 0.265 e. The summed E-state index contributed by atoms with van der Waals surface area (Å²) in [6, 6.07) is 15.0. The second kappa shape index (κ2) is 5.02. The van der Waals surface area contributed by atoms with E-state index in [1.165, 1.54) is 0 Å². The van der Waals surface area contributed by atoms with Crippen molar-refractivity contribution in [2.45, 2.75) is 0 Å². The molecule has 0 aromatic heterocycles. The molecule has 0 bridgehead atoms. The van der Waals surface area contributed by atoms with Gasteiger partial charge in [-0.15, -0.1) is 0 Å². The second-order valence-electron chi connectivity index (χ2n) is 4.48. The first kappa shape index (κ1) is 12.8. The van der Waals surface area contributed by atoms with E-state index >= 15 is 0 Å². The predicted molar refractivity (Wildman–Crippen MR) is 82.1 cm³/mol. The van der Waals surface area contributed by atoms with Crippen LogP contribution in [0.3, 0.4) is 0 Å². The fourth-order valence-corrected chi connectivity index (χ4v) is 2.58. The molecular weight excluding hydrogens is 272 g/mol. The molecule has 0 atom stereocenters. The molecular formula is C16H13ClN2O. The van der Waals surface area contributed by atoms with E-state index in [1.807, 2.05) is 36.4 Å². The number of nitrogens with zero attached hydrogens (tertiary/aromatic N) is 1. The number of fused-ring (bicyclic) bond motifs is 1. The van der Waals surface area contributed by atoms with Gasteiger partial charge in [0.25, 0.3) is 5.91 Å². The highest BCUT2D eigenvalue weighted by Crippen LogP contribution is 2.41. The molecule has 2 aromatic rings. The minimum atomic E-state index is -0.0529. The summed E-state index contributed by atoms with van der Waals surface area (Å²) in [6.45, 7) is 0. The number of para-hydroxylation sites is 1. The maximum absolute atomic E-state index is 12.6. The average molecular weight is 285 g/mol. The van der Waals surface area contributed by atoms with Gasteiger partial charge < -0.3 is 5.32 Å². The van der Waals surface area contributed by atoms with Crippen molar-refractivity contribution in [3.63, 3.8) is 0 Å². The lowest BCUT2D eigenvalue weighted by Crippen LogP contribution is -2.20. The third-order valence-corrected chi connectivity index (χ3v) is 3.46. The monoisotopic (exact) mass is 284 g/mol. The topological polar surface area (TPSA) is 32.3 Å². The number of nitrogens with one attached hydrogen (secondary N) is 1. The van der Waals surface area contributed by atoms with Crippen LogP contribution in [-0.4, -0.2) is 13.0 Å². The number of rotatable bonds is 2. The molecule has 20 heavy (non-hydrogen) atoms. The summed E-state index contributed by atoms with van der Waals surface area (Å²) in [7, 11) is 1.78. The van der Waals surface area contributed by atoms with Crippen LogP contribution in [0.4, 0.5) is 11.4 Å². The Labute approximate surface area is 122 Å². The number of hydrogen-bond donors (Lipinski definition) is 1. The molecule has 3 nitrogen and oxygen atoms in total. The van der Waals surface area contributed by atoms with Crippen LogP contribution in [0.25, 0.3) is 5.57 Å².